The molecule has 1 saturated carbocycles. The Morgan fingerprint density at radius 2 is 1.62 bits per heavy atom. The van der Waals surface area contributed by atoms with E-state index in [-0.39, 0.29) is 36.0 Å². The number of carbonyl (C=O) groups is 4. The van der Waals surface area contributed by atoms with Gasteiger partial charge < -0.3 is 31.1 Å². The fourth-order valence-corrected chi connectivity index (χ4v) is 6.79. The van der Waals surface area contributed by atoms with E-state index < -0.39 is 12.1 Å². The second-order valence-electron chi connectivity index (χ2n) is 13.5. The number of H-pyrrole nitrogens is 1. The fraction of sp³-hybridized carbons (Fsp3) is 0.395. The van der Waals surface area contributed by atoms with Gasteiger partial charge in [0.25, 0.3) is 5.91 Å². The van der Waals surface area contributed by atoms with Gasteiger partial charge in [-0.15, -0.1) is 5.10 Å². The predicted molar refractivity (Wildman–Crippen MR) is 197 cm³/mol. The van der Waals surface area contributed by atoms with Crippen LogP contribution in [0, 0.1) is 11.8 Å². The van der Waals surface area contributed by atoms with E-state index >= 15 is 0 Å². The first-order valence-electron chi connectivity index (χ1n) is 18.0. The number of aromatic amines is 1. The molecule has 1 aliphatic carbocycles. The minimum atomic E-state index is -1.05. The normalized spacial score (nSPS) is 18.0. The summed E-state index contributed by atoms with van der Waals surface area (Å²) in [5.41, 5.74) is 4.41. The van der Waals surface area contributed by atoms with E-state index in [0.717, 1.165) is 54.7 Å². The molecule has 0 radical (unpaired) electrons. The van der Waals surface area contributed by atoms with Crippen molar-refractivity contribution in [2.24, 2.45) is 11.8 Å². The standard InChI is InChI=1S/C38H45N9O6/c48-35(39-15-16-47-17-19-53-20-18-47)31-6-2-5-30(23-31)29-4-1-3-26(21-29)22-33(42-36(49)28-9-7-25(8-10-28)24-40-38(51)52)37(50)41-32-13-11-27(12-14-32)34-43-45-46-44-34/h1-6,11-14,21,23,25,28,33,40H,7-10,15-20,22,24H2,(H,39,48)(H,41,50)(H,42,49)(H,51,52)(H,43,44,45,46)/t25-,28-,33-/m0/s1. The lowest BCUT2D eigenvalue weighted by molar-refractivity contribution is -0.130. The Hall–Kier alpha value is -5.67. The number of morpholine rings is 1. The van der Waals surface area contributed by atoms with E-state index in [4.69, 9.17) is 9.84 Å². The number of nitrogens with one attached hydrogen (secondary N) is 5. The molecule has 0 bridgehead atoms. The number of carboxylic acid groups (broad SMARTS) is 1. The summed E-state index contributed by atoms with van der Waals surface area (Å²) >= 11 is 0. The zero-order valence-electron chi connectivity index (χ0n) is 29.4. The number of anilines is 1. The zero-order chi connectivity index (χ0) is 37.0. The summed E-state index contributed by atoms with van der Waals surface area (Å²) in [4.78, 5) is 53.6. The molecule has 15 heteroatoms. The molecule has 6 N–H and O–H groups in total. The lowest BCUT2D eigenvalue weighted by Gasteiger charge is -2.29. The first kappa shape index (κ1) is 37.1. The summed E-state index contributed by atoms with van der Waals surface area (Å²) in [6, 6.07) is 21.4. The zero-order valence-corrected chi connectivity index (χ0v) is 29.4. The van der Waals surface area contributed by atoms with Crippen molar-refractivity contribution in [3.8, 4) is 22.5 Å². The molecule has 278 valence electrons. The van der Waals surface area contributed by atoms with Gasteiger partial charge in [0, 0.05) is 61.9 Å². The van der Waals surface area contributed by atoms with Crippen LogP contribution >= 0.6 is 0 Å². The van der Waals surface area contributed by atoms with Gasteiger partial charge in [-0.05, 0) is 95.1 Å². The molecule has 4 aromatic rings. The van der Waals surface area contributed by atoms with Crippen LogP contribution in [0.4, 0.5) is 10.5 Å². The highest BCUT2D eigenvalue weighted by Gasteiger charge is 2.30. The number of amides is 4. The number of benzene rings is 3. The van der Waals surface area contributed by atoms with Gasteiger partial charge in [-0.2, -0.15) is 0 Å². The Balaban J connectivity index is 1.13. The lowest BCUT2D eigenvalue weighted by Crippen LogP contribution is -2.48. The van der Waals surface area contributed by atoms with Crippen LogP contribution < -0.4 is 21.3 Å². The van der Waals surface area contributed by atoms with Crippen LogP contribution in [0.1, 0.15) is 41.6 Å². The van der Waals surface area contributed by atoms with Crippen LogP contribution in [-0.2, 0) is 20.7 Å². The Labute approximate surface area is 307 Å². The molecule has 1 atom stereocenters. The molecule has 1 aliphatic heterocycles. The maximum atomic E-state index is 13.8. The second-order valence-corrected chi connectivity index (χ2v) is 13.5. The summed E-state index contributed by atoms with van der Waals surface area (Å²) < 4.78 is 5.40. The molecule has 1 saturated heterocycles. The van der Waals surface area contributed by atoms with E-state index in [9.17, 15) is 19.2 Å². The van der Waals surface area contributed by atoms with E-state index in [1.807, 2.05) is 42.5 Å². The van der Waals surface area contributed by atoms with E-state index in [2.05, 4.69) is 46.8 Å². The molecule has 1 aromatic heterocycles. The van der Waals surface area contributed by atoms with Crippen molar-refractivity contribution in [1.29, 1.82) is 0 Å². The van der Waals surface area contributed by atoms with Gasteiger partial charge in [-0.3, -0.25) is 19.3 Å². The van der Waals surface area contributed by atoms with Crippen LogP contribution in [0.15, 0.2) is 72.8 Å². The predicted octanol–water partition coefficient (Wildman–Crippen LogP) is 3.34. The van der Waals surface area contributed by atoms with Crippen LogP contribution in [0.5, 0.6) is 0 Å². The number of tetrazole rings is 1. The summed E-state index contributed by atoms with van der Waals surface area (Å²) in [7, 11) is 0. The molecule has 2 aliphatic rings. The van der Waals surface area contributed by atoms with Gasteiger partial charge in [0.2, 0.25) is 11.8 Å². The average Bonchev–Trinajstić information content (AvgIpc) is 3.73. The van der Waals surface area contributed by atoms with Gasteiger partial charge in [-0.25, -0.2) is 9.89 Å². The molecule has 2 fully saturated rings. The van der Waals surface area contributed by atoms with Crippen molar-refractivity contribution >= 4 is 29.5 Å². The monoisotopic (exact) mass is 723 g/mol. The second kappa shape index (κ2) is 18.2. The summed E-state index contributed by atoms with van der Waals surface area (Å²) in [5, 5.41) is 34.2. The van der Waals surface area contributed by atoms with Crippen LogP contribution in [0.25, 0.3) is 22.5 Å². The molecule has 15 nitrogen and oxygen atoms in total. The molecule has 0 spiro atoms. The molecule has 2 heterocycles. The highest BCUT2D eigenvalue weighted by Crippen LogP contribution is 2.29. The van der Waals surface area contributed by atoms with Gasteiger partial charge in [-0.1, -0.05) is 36.4 Å². The SMILES string of the molecule is O=C(O)NC[C@H]1CC[C@H](C(=O)N[C@@H](Cc2cccc(-c3cccc(C(=O)NCCN4CCOCC4)c3)c2)C(=O)Nc2ccc(-c3nnn[nH]3)cc2)CC1. The third kappa shape index (κ3) is 10.7. The Bertz CT molecular complexity index is 1840. The van der Waals surface area contributed by atoms with Crippen molar-refractivity contribution < 1.29 is 29.0 Å². The summed E-state index contributed by atoms with van der Waals surface area (Å²) in [6.45, 7) is 4.80. The highest BCUT2D eigenvalue weighted by molar-refractivity contribution is 5.98. The Morgan fingerprint density at radius 1 is 0.887 bits per heavy atom. The molecule has 4 amide bonds. The average molecular weight is 724 g/mol. The van der Waals surface area contributed by atoms with Crippen LogP contribution in [-0.4, -0.2) is 106 Å². The minimum absolute atomic E-state index is 0.145. The summed E-state index contributed by atoms with van der Waals surface area (Å²) in [5.74, 6) is -0.327. The minimum Gasteiger partial charge on any atom is -0.465 e. The van der Waals surface area contributed by atoms with Crippen LogP contribution in [0.2, 0.25) is 0 Å². The van der Waals surface area contributed by atoms with Crippen LogP contribution in [0.3, 0.4) is 0 Å². The Kier molecular flexibility index (Phi) is 12.7. The maximum Gasteiger partial charge on any atom is 0.404 e. The number of ether oxygens (including phenoxy) is 1. The summed E-state index contributed by atoms with van der Waals surface area (Å²) in [6.07, 6.45) is 1.82. The number of carbonyl (C=O) groups excluding carboxylic acids is 3. The Morgan fingerprint density at radius 3 is 2.34 bits per heavy atom. The first-order valence-corrected chi connectivity index (χ1v) is 18.0. The van der Waals surface area contributed by atoms with Crippen molar-refractivity contribution in [2.45, 2.75) is 38.1 Å². The molecular weight excluding hydrogens is 678 g/mol. The van der Waals surface area contributed by atoms with Crippen molar-refractivity contribution in [2.75, 3.05) is 51.3 Å². The van der Waals surface area contributed by atoms with E-state index in [0.29, 0.717) is 56.2 Å². The first-order chi connectivity index (χ1) is 25.8. The van der Waals surface area contributed by atoms with Gasteiger partial charge in [0.05, 0.1) is 13.2 Å². The smallest absolute Gasteiger partial charge is 0.404 e. The number of nitrogens with zero attached hydrogens (tertiary/aromatic N) is 4. The topological polar surface area (TPSA) is 204 Å². The fourth-order valence-electron chi connectivity index (χ4n) is 6.79. The number of hydrogen-bond donors (Lipinski definition) is 6. The van der Waals surface area contributed by atoms with Gasteiger partial charge in [0.1, 0.15) is 6.04 Å². The number of hydrogen-bond acceptors (Lipinski definition) is 9. The van der Waals surface area contributed by atoms with Crippen molar-refractivity contribution in [3.05, 3.63) is 83.9 Å². The third-order valence-electron chi connectivity index (χ3n) is 9.81. The van der Waals surface area contributed by atoms with Gasteiger partial charge in [0.15, 0.2) is 5.82 Å². The number of rotatable bonds is 14. The van der Waals surface area contributed by atoms with E-state index in [1.54, 1.807) is 30.3 Å². The third-order valence-corrected chi connectivity index (χ3v) is 9.81. The lowest BCUT2D eigenvalue weighted by atomic mass is 9.81. The highest BCUT2D eigenvalue weighted by atomic mass is 16.5. The van der Waals surface area contributed by atoms with Crippen molar-refractivity contribution in [1.82, 2.24) is 41.5 Å². The molecule has 0 unspecified atom stereocenters. The molecular formula is C38H45N9O6. The maximum absolute atomic E-state index is 13.8. The largest absolute Gasteiger partial charge is 0.465 e. The van der Waals surface area contributed by atoms with E-state index in [1.165, 1.54) is 0 Å². The van der Waals surface area contributed by atoms with Gasteiger partial charge >= 0.3 is 6.09 Å². The van der Waals surface area contributed by atoms with Crippen molar-refractivity contribution in [3.63, 3.8) is 0 Å². The number of aromatic nitrogens is 4. The molecule has 6 rings (SSSR count). The molecule has 53 heavy (non-hydrogen) atoms. The quantitative estimate of drug-likeness (QED) is 0.112. The molecule has 3 aromatic carbocycles.